The van der Waals surface area contributed by atoms with Crippen molar-refractivity contribution >= 4 is 29.4 Å². The number of benzene rings is 1. The average molecular weight is 508 g/mol. The SMILES string of the molecule is CCOC(=O)C(CC)N1C(=O)C(CC(=O)NCCCN2CCOCC2)CC[C@H]1c1ccc(Cl)cc1. The highest BCUT2D eigenvalue weighted by Crippen LogP contribution is 2.38. The first-order valence-corrected chi connectivity index (χ1v) is 13.1. The largest absolute Gasteiger partial charge is 0.464 e. The van der Waals surface area contributed by atoms with Gasteiger partial charge in [0.1, 0.15) is 6.04 Å². The fourth-order valence-electron chi connectivity index (χ4n) is 4.92. The molecule has 2 unspecified atom stereocenters. The second-order valence-electron chi connectivity index (χ2n) is 9.12. The van der Waals surface area contributed by atoms with Crippen LogP contribution in [0.3, 0.4) is 0 Å². The van der Waals surface area contributed by atoms with Crippen molar-refractivity contribution in [3.63, 3.8) is 0 Å². The van der Waals surface area contributed by atoms with Crippen LogP contribution in [0.1, 0.15) is 57.6 Å². The Kier molecular flexibility index (Phi) is 10.8. The molecule has 1 aromatic carbocycles. The second kappa shape index (κ2) is 13.8. The number of morpholine rings is 1. The molecule has 0 aromatic heterocycles. The van der Waals surface area contributed by atoms with Crippen molar-refractivity contribution in [2.24, 2.45) is 5.92 Å². The summed E-state index contributed by atoms with van der Waals surface area (Å²) in [4.78, 5) is 43.0. The predicted octanol–water partition coefficient (Wildman–Crippen LogP) is 3.19. The van der Waals surface area contributed by atoms with Crippen LogP contribution in [-0.4, -0.2) is 79.6 Å². The summed E-state index contributed by atoms with van der Waals surface area (Å²) in [5.74, 6) is -1.16. The zero-order valence-electron chi connectivity index (χ0n) is 20.8. The van der Waals surface area contributed by atoms with Gasteiger partial charge in [-0.2, -0.15) is 0 Å². The first-order chi connectivity index (χ1) is 16.9. The molecule has 2 saturated heterocycles. The van der Waals surface area contributed by atoms with E-state index in [1.165, 1.54) is 0 Å². The summed E-state index contributed by atoms with van der Waals surface area (Å²) in [6.07, 6.45) is 2.67. The van der Waals surface area contributed by atoms with E-state index in [2.05, 4.69) is 10.2 Å². The van der Waals surface area contributed by atoms with Gasteiger partial charge < -0.3 is 19.7 Å². The Balaban J connectivity index is 1.63. The van der Waals surface area contributed by atoms with E-state index in [0.717, 1.165) is 44.8 Å². The molecule has 1 aromatic rings. The number of hydrogen-bond donors (Lipinski definition) is 1. The lowest BCUT2D eigenvalue weighted by molar-refractivity contribution is -0.162. The maximum atomic E-state index is 13.7. The van der Waals surface area contributed by atoms with Crippen LogP contribution in [0.25, 0.3) is 0 Å². The van der Waals surface area contributed by atoms with Crippen LogP contribution in [0, 0.1) is 5.92 Å². The zero-order chi connectivity index (χ0) is 25.2. The van der Waals surface area contributed by atoms with Gasteiger partial charge in [0.2, 0.25) is 11.8 Å². The number of halogens is 1. The lowest BCUT2D eigenvalue weighted by Crippen LogP contribution is -2.52. The highest BCUT2D eigenvalue weighted by Gasteiger charge is 2.42. The van der Waals surface area contributed by atoms with Gasteiger partial charge in [-0.05, 0) is 56.8 Å². The molecule has 8 nitrogen and oxygen atoms in total. The van der Waals surface area contributed by atoms with Crippen LogP contribution in [0.4, 0.5) is 0 Å². The van der Waals surface area contributed by atoms with Crippen LogP contribution in [0.2, 0.25) is 5.02 Å². The Morgan fingerprint density at radius 3 is 2.54 bits per heavy atom. The zero-order valence-corrected chi connectivity index (χ0v) is 21.6. The van der Waals surface area contributed by atoms with E-state index < -0.39 is 17.9 Å². The fraction of sp³-hybridized carbons (Fsp3) is 0.654. The highest BCUT2D eigenvalue weighted by atomic mass is 35.5. The Morgan fingerprint density at radius 2 is 1.89 bits per heavy atom. The standard InChI is InChI=1S/C26H38ClN3O5/c1-3-22(26(33)35-4-2)30-23(19-6-9-21(27)10-7-19)11-8-20(25(30)32)18-24(31)28-12-5-13-29-14-16-34-17-15-29/h6-7,9-10,20,22-23H,3-5,8,11-18H2,1-2H3,(H,28,31)/t20?,22?,23-/m0/s1. The summed E-state index contributed by atoms with van der Waals surface area (Å²) in [7, 11) is 0. The van der Waals surface area contributed by atoms with Crippen molar-refractivity contribution in [2.45, 2.75) is 58.0 Å². The van der Waals surface area contributed by atoms with Gasteiger partial charge in [-0.25, -0.2) is 4.79 Å². The third-order valence-corrected chi connectivity index (χ3v) is 7.02. The van der Waals surface area contributed by atoms with Gasteiger partial charge >= 0.3 is 5.97 Å². The van der Waals surface area contributed by atoms with Gasteiger partial charge in [0.15, 0.2) is 0 Å². The van der Waals surface area contributed by atoms with Crippen molar-refractivity contribution in [1.29, 1.82) is 0 Å². The summed E-state index contributed by atoms with van der Waals surface area (Å²) in [6, 6.07) is 6.42. The first kappa shape index (κ1) is 27.4. The number of nitrogens with one attached hydrogen (secondary N) is 1. The quantitative estimate of drug-likeness (QED) is 0.365. The third-order valence-electron chi connectivity index (χ3n) is 6.77. The molecule has 2 heterocycles. The molecular formula is C26H38ClN3O5. The minimum absolute atomic E-state index is 0.124. The van der Waals surface area contributed by atoms with Gasteiger partial charge in [0.25, 0.3) is 0 Å². The van der Waals surface area contributed by atoms with E-state index in [1.807, 2.05) is 19.1 Å². The second-order valence-corrected chi connectivity index (χ2v) is 9.56. The Bertz CT molecular complexity index is 844. The molecule has 0 saturated carbocycles. The summed E-state index contributed by atoms with van der Waals surface area (Å²) in [5.41, 5.74) is 0.927. The van der Waals surface area contributed by atoms with Crippen LogP contribution in [-0.2, 0) is 23.9 Å². The molecule has 35 heavy (non-hydrogen) atoms. The van der Waals surface area contributed by atoms with E-state index in [9.17, 15) is 14.4 Å². The lowest BCUT2D eigenvalue weighted by atomic mass is 9.85. The maximum Gasteiger partial charge on any atom is 0.328 e. The topological polar surface area (TPSA) is 88.2 Å². The number of likely N-dealkylation sites (tertiary alicyclic amines) is 1. The molecule has 1 N–H and O–H groups in total. The number of carbonyl (C=O) groups excluding carboxylic acids is 3. The monoisotopic (exact) mass is 507 g/mol. The normalized spacial score (nSPS) is 22.0. The van der Waals surface area contributed by atoms with Gasteiger partial charge in [0, 0.05) is 37.0 Å². The molecule has 0 aliphatic carbocycles. The molecule has 3 atom stereocenters. The van der Waals surface area contributed by atoms with E-state index in [4.69, 9.17) is 21.1 Å². The van der Waals surface area contributed by atoms with Gasteiger partial charge in [-0.15, -0.1) is 0 Å². The molecule has 2 aliphatic heterocycles. The van der Waals surface area contributed by atoms with Crippen LogP contribution >= 0.6 is 11.6 Å². The van der Waals surface area contributed by atoms with E-state index in [1.54, 1.807) is 24.0 Å². The smallest absolute Gasteiger partial charge is 0.328 e. The van der Waals surface area contributed by atoms with E-state index in [0.29, 0.717) is 30.8 Å². The molecule has 2 fully saturated rings. The van der Waals surface area contributed by atoms with Gasteiger partial charge in [-0.1, -0.05) is 30.7 Å². The summed E-state index contributed by atoms with van der Waals surface area (Å²) in [5, 5.41) is 3.58. The molecule has 0 radical (unpaired) electrons. The van der Waals surface area contributed by atoms with Crippen molar-refractivity contribution in [2.75, 3.05) is 46.0 Å². The van der Waals surface area contributed by atoms with E-state index >= 15 is 0 Å². The summed E-state index contributed by atoms with van der Waals surface area (Å²) in [6.45, 7) is 8.74. The van der Waals surface area contributed by atoms with Crippen molar-refractivity contribution in [3.05, 3.63) is 34.9 Å². The molecule has 0 bridgehead atoms. The molecule has 2 aliphatic rings. The first-order valence-electron chi connectivity index (χ1n) is 12.8. The number of nitrogens with zero attached hydrogens (tertiary/aromatic N) is 2. The van der Waals surface area contributed by atoms with Gasteiger partial charge in [-0.3, -0.25) is 14.5 Å². The van der Waals surface area contributed by atoms with Crippen molar-refractivity contribution in [3.8, 4) is 0 Å². The molecular weight excluding hydrogens is 470 g/mol. The minimum Gasteiger partial charge on any atom is -0.464 e. The van der Waals surface area contributed by atoms with Crippen molar-refractivity contribution in [1.82, 2.24) is 15.1 Å². The molecule has 0 spiro atoms. The molecule has 3 rings (SSSR count). The summed E-state index contributed by atoms with van der Waals surface area (Å²) >= 11 is 6.07. The number of piperidine rings is 1. The Labute approximate surface area is 213 Å². The maximum absolute atomic E-state index is 13.7. The van der Waals surface area contributed by atoms with Crippen molar-refractivity contribution < 1.29 is 23.9 Å². The molecule has 194 valence electrons. The predicted molar refractivity (Wildman–Crippen MR) is 134 cm³/mol. The Morgan fingerprint density at radius 1 is 1.17 bits per heavy atom. The fourth-order valence-corrected chi connectivity index (χ4v) is 5.05. The number of rotatable bonds is 11. The number of esters is 1. The molecule has 9 heteroatoms. The highest BCUT2D eigenvalue weighted by molar-refractivity contribution is 6.30. The number of hydrogen-bond acceptors (Lipinski definition) is 6. The molecule has 2 amide bonds. The number of amides is 2. The summed E-state index contributed by atoms with van der Waals surface area (Å²) < 4.78 is 10.6. The van der Waals surface area contributed by atoms with Crippen LogP contribution < -0.4 is 5.32 Å². The Hall–Kier alpha value is -2.16. The number of carbonyl (C=O) groups is 3. The van der Waals surface area contributed by atoms with Gasteiger partial charge in [0.05, 0.1) is 25.9 Å². The van der Waals surface area contributed by atoms with E-state index in [-0.39, 0.29) is 30.9 Å². The average Bonchev–Trinajstić information content (AvgIpc) is 2.86. The minimum atomic E-state index is -0.692. The third kappa shape index (κ3) is 7.66. The lowest BCUT2D eigenvalue weighted by Gasteiger charge is -2.43. The van der Waals surface area contributed by atoms with Crippen LogP contribution in [0.15, 0.2) is 24.3 Å². The van der Waals surface area contributed by atoms with Crippen LogP contribution in [0.5, 0.6) is 0 Å². The number of ether oxygens (including phenoxy) is 2.